The summed E-state index contributed by atoms with van der Waals surface area (Å²) in [5.74, 6) is 0. The van der Waals surface area contributed by atoms with Crippen molar-refractivity contribution in [1.29, 1.82) is 0 Å². The van der Waals surface area contributed by atoms with Gasteiger partial charge < -0.3 is 0 Å². The number of halogens is 3. The maximum atomic E-state index is 5.94. The van der Waals surface area contributed by atoms with Crippen molar-refractivity contribution in [2.75, 3.05) is 0 Å². The molecule has 0 atom stereocenters. The molecule has 0 N–H and O–H groups in total. The quantitative estimate of drug-likeness (QED) is 0.655. The summed E-state index contributed by atoms with van der Waals surface area (Å²) in [5.41, 5.74) is 1.25. The molecule has 16 heavy (non-hydrogen) atoms. The van der Waals surface area contributed by atoms with Crippen LogP contribution in [0.5, 0.6) is 0 Å². The normalized spacial score (nSPS) is 11.9. The molecule has 0 aromatic heterocycles. The Morgan fingerprint density at radius 1 is 0.875 bits per heavy atom. The molecule has 0 bridgehead atoms. The number of benzene rings is 2. The molecule has 0 spiro atoms. The molecule has 0 radical (unpaired) electrons. The molecular weight excluding hydrogens is 369 g/mol. The van der Waals surface area contributed by atoms with Gasteiger partial charge in [-0.25, -0.2) is 0 Å². The van der Waals surface area contributed by atoms with Gasteiger partial charge in [0.2, 0.25) is 0 Å². The van der Waals surface area contributed by atoms with Gasteiger partial charge in [0.05, 0.1) is 0 Å². The van der Waals surface area contributed by atoms with Crippen molar-refractivity contribution in [3.8, 4) is 0 Å². The average Bonchev–Trinajstić information content (AvgIpc) is 2.25. The van der Waals surface area contributed by atoms with Crippen molar-refractivity contribution < 1.29 is 0 Å². The Bertz CT molecular complexity index is 491. The van der Waals surface area contributed by atoms with Crippen LogP contribution in [0.4, 0.5) is 0 Å². The molecule has 0 saturated heterocycles. The molecule has 0 aliphatic carbocycles. The topological polar surface area (TPSA) is 0 Å². The van der Waals surface area contributed by atoms with Gasteiger partial charge in [0, 0.05) is 0 Å². The summed E-state index contributed by atoms with van der Waals surface area (Å²) >= 11 is -3.17. The van der Waals surface area contributed by atoms with E-state index in [0.717, 1.165) is 10.9 Å². The predicted octanol–water partition coefficient (Wildman–Crippen LogP) is 5.04. The molecule has 0 aliphatic heterocycles. The number of aryl methyl sites for hydroxylation is 1. The molecule has 2 aromatic rings. The van der Waals surface area contributed by atoms with Crippen LogP contribution in [0.25, 0.3) is 10.8 Å². The third-order valence-corrected chi connectivity index (χ3v) is 8.65. The summed E-state index contributed by atoms with van der Waals surface area (Å²) in [6, 6.07) is 14.7. The molecule has 84 valence electrons. The van der Waals surface area contributed by atoms with E-state index in [-0.39, 0.29) is 0 Å². The molecule has 0 aliphatic rings. The molecule has 2 aromatic carbocycles. The Balaban J connectivity index is 2.20. The van der Waals surface area contributed by atoms with Crippen LogP contribution in [0.1, 0.15) is 5.56 Å². The van der Waals surface area contributed by atoms with Crippen LogP contribution in [0.15, 0.2) is 42.5 Å². The summed E-state index contributed by atoms with van der Waals surface area (Å²) in [4.78, 5) is 0. The molecule has 0 unspecified atom stereocenters. The van der Waals surface area contributed by atoms with Gasteiger partial charge in [-0.1, -0.05) is 0 Å². The van der Waals surface area contributed by atoms with E-state index in [2.05, 4.69) is 30.3 Å². The van der Waals surface area contributed by atoms with Gasteiger partial charge in [0.1, 0.15) is 0 Å². The third kappa shape index (κ3) is 3.69. The van der Waals surface area contributed by atoms with Gasteiger partial charge in [-0.3, -0.25) is 0 Å². The second-order valence-corrected chi connectivity index (χ2v) is 25.6. The fourth-order valence-electron chi connectivity index (χ4n) is 1.68. The maximum absolute atomic E-state index is 5.94. The van der Waals surface area contributed by atoms with E-state index in [1.165, 1.54) is 16.3 Å². The summed E-state index contributed by atoms with van der Waals surface area (Å²) in [6.45, 7) is 0. The van der Waals surface area contributed by atoms with Crippen LogP contribution in [0.3, 0.4) is 0 Å². The van der Waals surface area contributed by atoms with Gasteiger partial charge in [-0.2, -0.15) is 0 Å². The van der Waals surface area contributed by atoms with E-state index in [1.54, 1.807) is 0 Å². The fourth-order valence-corrected chi connectivity index (χ4v) is 5.21. The number of rotatable bonds is 3. The van der Waals surface area contributed by atoms with Crippen LogP contribution >= 0.6 is 26.8 Å². The monoisotopic (exact) mass is 380 g/mol. The van der Waals surface area contributed by atoms with Crippen LogP contribution in [-0.2, 0) is 6.42 Å². The van der Waals surface area contributed by atoms with Crippen molar-refractivity contribution in [2.24, 2.45) is 0 Å². The summed E-state index contributed by atoms with van der Waals surface area (Å²) in [5, 5.41) is 2.50. The van der Waals surface area contributed by atoms with Gasteiger partial charge in [-0.15, -0.1) is 0 Å². The Kier molecular flexibility index (Phi) is 4.28. The summed E-state index contributed by atoms with van der Waals surface area (Å²) < 4.78 is 0.748. The van der Waals surface area contributed by atoms with Gasteiger partial charge in [0.25, 0.3) is 0 Å². The predicted molar refractivity (Wildman–Crippen MR) is 75.8 cm³/mol. The Morgan fingerprint density at radius 3 is 2.25 bits per heavy atom. The van der Waals surface area contributed by atoms with E-state index < -0.39 is 15.0 Å². The fraction of sp³-hybridized carbons (Fsp3) is 0.167. The Labute approximate surface area is 111 Å². The third-order valence-electron chi connectivity index (χ3n) is 2.51. The molecule has 0 fully saturated rings. The van der Waals surface area contributed by atoms with Crippen molar-refractivity contribution >= 4 is 52.5 Å². The van der Waals surface area contributed by atoms with Crippen molar-refractivity contribution in [1.82, 2.24) is 0 Å². The first-order chi connectivity index (χ1) is 7.54. The first-order valence-electron chi connectivity index (χ1n) is 5.09. The molecule has 0 amide bonds. The van der Waals surface area contributed by atoms with E-state index >= 15 is 0 Å². The number of hydrogen-bond donors (Lipinski definition) is 0. The van der Waals surface area contributed by atoms with Gasteiger partial charge >= 0.3 is 111 Å². The molecule has 0 heterocycles. The van der Waals surface area contributed by atoms with Crippen molar-refractivity contribution in [3.05, 3.63) is 48.0 Å². The molecule has 0 nitrogen and oxygen atoms in total. The first-order valence-corrected chi connectivity index (χ1v) is 18.0. The summed E-state index contributed by atoms with van der Waals surface area (Å²) in [6.07, 6.45) is 0.872. The van der Waals surface area contributed by atoms with Crippen molar-refractivity contribution in [3.63, 3.8) is 0 Å². The second kappa shape index (κ2) is 5.34. The number of fused-ring (bicyclic) bond motifs is 1. The average molecular weight is 380 g/mol. The van der Waals surface area contributed by atoms with E-state index in [9.17, 15) is 0 Å². The zero-order valence-electron chi connectivity index (χ0n) is 8.59. The van der Waals surface area contributed by atoms with Crippen LogP contribution in [-0.4, -0.2) is 15.0 Å². The van der Waals surface area contributed by atoms with Gasteiger partial charge in [-0.05, 0) is 0 Å². The minimum atomic E-state index is -3.17. The first kappa shape index (κ1) is 12.8. The number of hydrogen-bond acceptors (Lipinski definition) is 0. The SMILES string of the molecule is [Cl][Sn]([Cl])([Cl])[CH2]Cc1ccc2ccccc2c1. The van der Waals surface area contributed by atoms with E-state index in [0.29, 0.717) is 0 Å². The summed E-state index contributed by atoms with van der Waals surface area (Å²) in [7, 11) is 17.8. The Morgan fingerprint density at radius 2 is 1.56 bits per heavy atom. The van der Waals surface area contributed by atoms with Crippen molar-refractivity contribution in [2.45, 2.75) is 10.9 Å². The van der Waals surface area contributed by atoms with Crippen LogP contribution < -0.4 is 0 Å². The molecule has 2 rings (SSSR count). The minimum absolute atomic E-state index is 0.748. The van der Waals surface area contributed by atoms with E-state index in [4.69, 9.17) is 26.8 Å². The molecular formula is C12H11Cl3Sn. The second-order valence-electron chi connectivity index (χ2n) is 3.80. The van der Waals surface area contributed by atoms with Gasteiger partial charge in [0.15, 0.2) is 0 Å². The van der Waals surface area contributed by atoms with Crippen LogP contribution in [0.2, 0.25) is 4.44 Å². The standard InChI is InChI=1S/C12H11.3ClH.Sn/c1-2-10-7-8-11-5-3-4-6-12(11)9-10;;;;/h3-9H,1-2H2;3*1H;/q;;;;+3/p-3. The van der Waals surface area contributed by atoms with E-state index in [1.807, 2.05) is 12.1 Å². The molecule has 0 saturated carbocycles. The zero-order valence-corrected chi connectivity index (χ0v) is 13.7. The Hall–Kier alpha value is 0.369. The zero-order chi connectivity index (χ0) is 11.6. The molecule has 4 heteroatoms. The van der Waals surface area contributed by atoms with Crippen LogP contribution in [0, 0.1) is 0 Å².